The van der Waals surface area contributed by atoms with Crippen molar-refractivity contribution < 1.29 is 26.4 Å². The fourth-order valence-corrected chi connectivity index (χ4v) is 3.54. The number of carbonyl (C=O) groups is 1. The molecule has 0 saturated heterocycles. The molecule has 0 aliphatic carbocycles. The van der Waals surface area contributed by atoms with E-state index in [-0.39, 0.29) is 16.1 Å². The summed E-state index contributed by atoms with van der Waals surface area (Å²) in [6.07, 6.45) is 0.334. The highest BCUT2D eigenvalue weighted by atomic mass is 32.2. The molecule has 1 N–H and O–H groups in total. The van der Waals surface area contributed by atoms with Gasteiger partial charge in [0.1, 0.15) is 5.82 Å². The number of sulfonamides is 1. The summed E-state index contributed by atoms with van der Waals surface area (Å²) in [6.45, 7) is 1.69. The molecule has 3 rings (SSSR count). The summed E-state index contributed by atoms with van der Waals surface area (Å²) in [5, 5.41) is 2.94. The first-order valence-corrected chi connectivity index (χ1v) is 10.6. The van der Waals surface area contributed by atoms with E-state index in [1.54, 1.807) is 37.3 Å². The van der Waals surface area contributed by atoms with Gasteiger partial charge in [0.25, 0.3) is 10.0 Å². The first-order valence-electron chi connectivity index (χ1n) is 9.08. The van der Waals surface area contributed by atoms with Gasteiger partial charge >= 0.3 is 0 Å². The number of nitrogens with one attached hydrogen (secondary N) is 1. The van der Waals surface area contributed by atoms with Gasteiger partial charge in [0.05, 0.1) is 10.6 Å². The molecular formula is C21H17F3N4O3S. The fourth-order valence-electron chi connectivity index (χ4n) is 2.44. The number of aryl methyl sites for hydroxylation is 1. The van der Waals surface area contributed by atoms with Gasteiger partial charge in [-0.2, -0.15) is 0 Å². The Morgan fingerprint density at radius 2 is 1.62 bits per heavy atom. The molecule has 0 aromatic heterocycles. The summed E-state index contributed by atoms with van der Waals surface area (Å²) in [4.78, 5) is 13.1. The second-order valence-electron chi connectivity index (χ2n) is 6.20. The monoisotopic (exact) mass is 462 g/mol. The first kappa shape index (κ1) is 24.4. The third-order valence-electron chi connectivity index (χ3n) is 4.04. The summed E-state index contributed by atoms with van der Waals surface area (Å²) in [5.41, 5.74) is 8.48. The van der Waals surface area contributed by atoms with E-state index < -0.39 is 33.4 Å². The summed E-state index contributed by atoms with van der Waals surface area (Å²) >= 11 is 0. The number of nitrogens with zero attached hydrogens (tertiary/aromatic N) is 3. The number of carbonyl (C=O) groups excluding carboxylic acids is 1. The first-order chi connectivity index (χ1) is 15.2. The smallest absolute Gasteiger partial charge is 0.261 e. The molecule has 0 atom stereocenters. The maximum atomic E-state index is 13.4. The molecule has 0 spiro atoms. The Labute approximate surface area is 182 Å². The van der Waals surface area contributed by atoms with E-state index in [1.165, 1.54) is 6.07 Å². The van der Waals surface area contributed by atoms with Crippen LogP contribution in [0.4, 0.5) is 18.9 Å². The van der Waals surface area contributed by atoms with Crippen LogP contribution in [-0.4, -0.2) is 14.3 Å². The van der Waals surface area contributed by atoms with Gasteiger partial charge in [-0.1, -0.05) is 37.3 Å². The van der Waals surface area contributed by atoms with Crippen molar-refractivity contribution in [2.24, 2.45) is 5.11 Å². The molecule has 7 nitrogen and oxygen atoms in total. The lowest BCUT2D eigenvalue weighted by molar-refractivity contribution is 0.100. The summed E-state index contributed by atoms with van der Waals surface area (Å²) in [5.74, 6) is -3.28. The van der Waals surface area contributed by atoms with Gasteiger partial charge in [-0.05, 0) is 53.0 Å². The van der Waals surface area contributed by atoms with E-state index in [4.69, 9.17) is 5.53 Å². The van der Waals surface area contributed by atoms with E-state index in [1.807, 2.05) is 0 Å². The topological polar surface area (TPSA) is 112 Å². The van der Waals surface area contributed by atoms with Crippen LogP contribution in [-0.2, 0) is 16.4 Å². The van der Waals surface area contributed by atoms with Gasteiger partial charge in [0, 0.05) is 16.5 Å². The fraction of sp³-hybridized carbons (Fsp3) is 0.0952. The number of hydrogen-bond donors (Lipinski definition) is 1. The molecule has 0 bridgehead atoms. The lowest BCUT2D eigenvalue weighted by Gasteiger charge is -2.10. The zero-order valence-electron chi connectivity index (χ0n) is 16.7. The molecule has 166 valence electrons. The maximum absolute atomic E-state index is 13.4. The van der Waals surface area contributed by atoms with Crippen molar-refractivity contribution in [3.05, 3.63) is 106 Å². The third-order valence-corrected chi connectivity index (χ3v) is 5.42. The number of rotatable bonds is 5. The normalized spacial score (nSPS) is 10.4. The predicted molar refractivity (Wildman–Crippen MR) is 113 cm³/mol. The van der Waals surface area contributed by atoms with E-state index >= 15 is 0 Å². The zero-order valence-corrected chi connectivity index (χ0v) is 17.5. The van der Waals surface area contributed by atoms with Crippen LogP contribution in [0.15, 0.2) is 76.7 Å². The minimum atomic E-state index is -4.00. The van der Waals surface area contributed by atoms with Crippen molar-refractivity contribution in [2.45, 2.75) is 18.2 Å². The largest absolute Gasteiger partial charge is 0.287 e. The molecule has 0 saturated carbocycles. The van der Waals surface area contributed by atoms with Crippen LogP contribution >= 0.6 is 0 Å². The molecule has 3 aromatic rings. The Balaban J connectivity index is 0.000000278. The second kappa shape index (κ2) is 11.0. The van der Waals surface area contributed by atoms with Crippen LogP contribution in [0, 0.1) is 17.5 Å². The van der Waals surface area contributed by atoms with Crippen molar-refractivity contribution in [1.82, 2.24) is 0 Å². The number of amides is 1. The zero-order chi connectivity index (χ0) is 23.7. The van der Waals surface area contributed by atoms with Gasteiger partial charge in [-0.15, -0.1) is 0 Å². The molecule has 11 heteroatoms. The van der Waals surface area contributed by atoms with Gasteiger partial charge in [-0.3, -0.25) is 9.52 Å². The van der Waals surface area contributed by atoms with Gasteiger partial charge in [0.2, 0.25) is 5.91 Å². The highest BCUT2D eigenvalue weighted by molar-refractivity contribution is 7.92. The van der Waals surface area contributed by atoms with E-state index in [0.29, 0.717) is 12.0 Å². The van der Waals surface area contributed by atoms with Crippen molar-refractivity contribution in [3.63, 3.8) is 0 Å². The Bertz CT molecular complexity index is 1260. The predicted octanol–water partition coefficient (Wildman–Crippen LogP) is 5.60. The third kappa shape index (κ3) is 6.59. The van der Waals surface area contributed by atoms with Crippen molar-refractivity contribution in [2.75, 3.05) is 4.72 Å². The Kier molecular flexibility index (Phi) is 8.39. The summed E-state index contributed by atoms with van der Waals surface area (Å²) < 4.78 is 65.6. The van der Waals surface area contributed by atoms with Crippen LogP contribution in [0.1, 0.15) is 22.8 Å². The molecule has 0 aliphatic heterocycles. The standard InChI is InChI=1S/C14H12F3NO2S.C7H5N3O/c1-2-9-7-11(4-6-12(9)15)21(19,20)18-10-3-5-13(16)14(17)8-10;8-10-9-7(11)6-4-2-1-3-5-6/h3-8,18H,2H2,1H3;1-5H. The molecular weight excluding hydrogens is 445 g/mol. The molecule has 3 aromatic carbocycles. The number of benzene rings is 3. The van der Waals surface area contributed by atoms with Crippen LogP contribution in [0.3, 0.4) is 0 Å². The number of azide groups is 1. The van der Waals surface area contributed by atoms with Crippen molar-refractivity contribution >= 4 is 21.6 Å². The van der Waals surface area contributed by atoms with Crippen LogP contribution in [0.2, 0.25) is 0 Å². The maximum Gasteiger partial charge on any atom is 0.261 e. The molecule has 0 aliphatic rings. The minimum Gasteiger partial charge on any atom is -0.287 e. The highest BCUT2D eigenvalue weighted by Crippen LogP contribution is 2.20. The summed E-state index contributed by atoms with van der Waals surface area (Å²) in [6, 6.07) is 14.4. The molecule has 32 heavy (non-hydrogen) atoms. The molecule has 0 unspecified atom stereocenters. The van der Waals surface area contributed by atoms with E-state index in [0.717, 1.165) is 30.3 Å². The number of anilines is 1. The lowest BCUT2D eigenvalue weighted by Crippen LogP contribution is -2.13. The SMILES string of the molecule is CCc1cc(S(=O)(=O)Nc2ccc(F)c(F)c2)ccc1F.[N-]=[N+]=NC(=O)c1ccccc1. The van der Waals surface area contributed by atoms with Gasteiger partial charge < -0.3 is 0 Å². The van der Waals surface area contributed by atoms with Crippen LogP contribution in [0.5, 0.6) is 0 Å². The minimum absolute atomic E-state index is 0.115. The average molecular weight is 462 g/mol. The quantitative estimate of drug-likeness (QED) is 0.302. The average Bonchev–Trinajstić information content (AvgIpc) is 2.77. The highest BCUT2D eigenvalue weighted by Gasteiger charge is 2.17. The van der Waals surface area contributed by atoms with E-state index in [2.05, 4.69) is 14.7 Å². The molecule has 0 heterocycles. The Morgan fingerprint density at radius 3 is 2.22 bits per heavy atom. The number of hydrogen-bond acceptors (Lipinski definition) is 3. The number of halogens is 3. The van der Waals surface area contributed by atoms with Gasteiger partial charge in [0.15, 0.2) is 11.6 Å². The summed E-state index contributed by atoms with van der Waals surface area (Å²) in [7, 11) is -4.00. The molecule has 0 radical (unpaired) electrons. The van der Waals surface area contributed by atoms with Crippen LogP contribution < -0.4 is 4.72 Å². The van der Waals surface area contributed by atoms with E-state index in [9.17, 15) is 26.4 Å². The van der Waals surface area contributed by atoms with Crippen molar-refractivity contribution in [1.29, 1.82) is 0 Å². The van der Waals surface area contributed by atoms with Crippen LogP contribution in [0.25, 0.3) is 10.4 Å². The molecule has 1 amide bonds. The van der Waals surface area contributed by atoms with Gasteiger partial charge in [-0.25, -0.2) is 21.6 Å². The Hall–Kier alpha value is -3.82. The lowest BCUT2D eigenvalue weighted by atomic mass is 10.2. The Morgan fingerprint density at radius 1 is 0.969 bits per heavy atom. The van der Waals surface area contributed by atoms with Crippen molar-refractivity contribution in [3.8, 4) is 0 Å². The second-order valence-corrected chi connectivity index (χ2v) is 7.88. The molecule has 0 fully saturated rings.